The van der Waals surface area contributed by atoms with Crippen molar-refractivity contribution in [1.82, 2.24) is 30.0 Å². The quantitative estimate of drug-likeness (QED) is 0.274. The number of halogens is 3. The molecule has 10 nitrogen and oxygen atoms in total. The van der Waals surface area contributed by atoms with Crippen LogP contribution in [0.3, 0.4) is 0 Å². The van der Waals surface area contributed by atoms with Crippen molar-refractivity contribution in [3.63, 3.8) is 0 Å². The largest absolute Gasteiger partial charge is 0.416 e. The van der Waals surface area contributed by atoms with Crippen molar-refractivity contribution in [2.24, 2.45) is 7.05 Å². The monoisotopic (exact) mass is 527 g/mol. The Morgan fingerprint density at radius 1 is 1.13 bits per heavy atom. The standard InChI is InChI=1S/C25H28F3N9O/c1-30-8-9-36(2)14-16-4-6-18(11-19(16)25(26,27)28)32-24(38)34-22-12-21(37(3)35-22)15-5-7-20-17(10-15)13-31-23(29)33-20/h4-7,10-13,30H,8-9,14H2,1-3H3,(H2,29,31,33)(H2,32,34,35,38). The Morgan fingerprint density at radius 2 is 1.92 bits per heavy atom. The number of rotatable bonds is 8. The highest BCUT2D eigenvalue weighted by Crippen LogP contribution is 2.34. The Hall–Kier alpha value is -4.23. The van der Waals surface area contributed by atoms with Gasteiger partial charge in [-0.05, 0) is 43.9 Å². The van der Waals surface area contributed by atoms with E-state index in [1.54, 1.807) is 49.1 Å². The molecule has 5 N–H and O–H groups in total. The third-order valence-electron chi connectivity index (χ3n) is 5.87. The second-order valence-electron chi connectivity index (χ2n) is 8.83. The molecule has 4 aromatic rings. The Kier molecular flexibility index (Phi) is 7.78. The van der Waals surface area contributed by atoms with Gasteiger partial charge in [-0.1, -0.05) is 12.1 Å². The molecule has 0 fully saturated rings. The topological polar surface area (TPSA) is 126 Å². The number of benzene rings is 2. The van der Waals surface area contributed by atoms with E-state index < -0.39 is 17.8 Å². The number of urea groups is 1. The van der Waals surface area contributed by atoms with E-state index in [4.69, 9.17) is 5.73 Å². The zero-order valence-electron chi connectivity index (χ0n) is 21.1. The number of alkyl halides is 3. The van der Waals surface area contributed by atoms with Crippen LogP contribution >= 0.6 is 0 Å². The first-order valence-electron chi connectivity index (χ1n) is 11.7. The molecule has 0 unspecified atom stereocenters. The molecule has 4 rings (SSSR count). The smallest absolute Gasteiger partial charge is 0.368 e. The lowest BCUT2D eigenvalue weighted by atomic mass is 10.1. The Balaban J connectivity index is 1.48. The summed E-state index contributed by atoms with van der Waals surface area (Å²) in [6.45, 7) is 1.36. The van der Waals surface area contributed by atoms with Crippen molar-refractivity contribution in [1.29, 1.82) is 0 Å². The molecule has 0 spiro atoms. The van der Waals surface area contributed by atoms with E-state index in [0.717, 1.165) is 17.0 Å². The summed E-state index contributed by atoms with van der Waals surface area (Å²) in [6, 6.07) is 10.2. The van der Waals surface area contributed by atoms with Gasteiger partial charge in [0.15, 0.2) is 5.82 Å². The number of nitrogens with zero attached hydrogens (tertiary/aromatic N) is 5. The zero-order chi connectivity index (χ0) is 27.4. The lowest BCUT2D eigenvalue weighted by molar-refractivity contribution is -0.138. The van der Waals surface area contributed by atoms with Gasteiger partial charge >= 0.3 is 12.2 Å². The average Bonchev–Trinajstić information content (AvgIpc) is 3.22. The fourth-order valence-corrected chi connectivity index (χ4v) is 4.01. The Bertz CT molecular complexity index is 1450. The summed E-state index contributed by atoms with van der Waals surface area (Å²) in [5.74, 6) is 0.407. The molecule has 0 atom stereocenters. The molecule has 38 heavy (non-hydrogen) atoms. The van der Waals surface area contributed by atoms with Crippen LogP contribution in [0.5, 0.6) is 0 Å². The highest BCUT2D eigenvalue weighted by Gasteiger charge is 2.34. The van der Waals surface area contributed by atoms with Gasteiger partial charge in [0, 0.05) is 55.6 Å². The summed E-state index contributed by atoms with van der Waals surface area (Å²) in [5.41, 5.74) is 7.17. The normalized spacial score (nSPS) is 11.8. The van der Waals surface area contributed by atoms with Gasteiger partial charge < -0.3 is 21.3 Å². The molecule has 2 amide bonds. The lowest BCUT2D eigenvalue weighted by Gasteiger charge is -2.20. The molecule has 2 heterocycles. The van der Waals surface area contributed by atoms with Crippen LogP contribution in [0.4, 0.5) is 35.4 Å². The number of aryl methyl sites for hydroxylation is 1. The van der Waals surface area contributed by atoms with Crippen LogP contribution in [-0.2, 0) is 19.8 Å². The second-order valence-corrected chi connectivity index (χ2v) is 8.83. The predicted octanol–water partition coefficient (Wildman–Crippen LogP) is 3.93. The van der Waals surface area contributed by atoms with E-state index in [9.17, 15) is 18.0 Å². The van der Waals surface area contributed by atoms with E-state index >= 15 is 0 Å². The van der Waals surface area contributed by atoms with Gasteiger partial charge in [-0.3, -0.25) is 10.00 Å². The van der Waals surface area contributed by atoms with Crippen LogP contribution in [-0.4, -0.2) is 57.9 Å². The maximum atomic E-state index is 13.8. The number of aromatic nitrogens is 4. The highest BCUT2D eigenvalue weighted by atomic mass is 19.4. The summed E-state index contributed by atoms with van der Waals surface area (Å²) < 4.78 is 42.8. The summed E-state index contributed by atoms with van der Waals surface area (Å²) in [7, 11) is 5.24. The van der Waals surface area contributed by atoms with E-state index in [1.807, 2.05) is 12.1 Å². The SMILES string of the molecule is CNCCN(C)Cc1ccc(NC(=O)Nc2cc(-c3ccc4nc(N)ncc4c3)n(C)n2)cc1C(F)(F)F. The highest BCUT2D eigenvalue weighted by molar-refractivity contribution is 5.99. The predicted molar refractivity (Wildman–Crippen MR) is 140 cm³/mol. The number of nitrogen functional groups attached to an aromatic ring is 1. The number of carbonyl (C=O) groups excluding carboxylic acids is 1. The molecule has 200 valence electrons. The lowest BCUT2D eigenvalue weighted by Crippen LogP contribution is -2.28. The van der Waals surface area contributed by atoms with Crippen molar-refractivity contribution < 1.29 is 18.0 Å². The average molecular weight is 528 g/mol. The van der Waals surface area contributed by atoms with Gasteiger partial charge in [0.05, 0.1) is 16.8 Å². The number of hydrogen-bond donors (Lipinski definition) is 4. The van der Waals surface area contributed by atoms with Crippen molar-refractivity contribution in [3.05, 3.63) is 59.8 Å². The van der Waals surface area contributed by atoms with Crippen LogP contribution in [0, 0.1) is 0 Å². The number of amides is 2. The minimum Gasteiger partial charge on any atom is -0.368 e. The van der Waals surface area contributed by atoms with Gasteiger partial charge in [0.25, 0.3) is 0 Å². The first kappa shape index (κ1) is 26.8. The van der Waals surface area contributed by atoms with Crippen LogP contribution in [0.1, 0.15) is 11.1 Å². The minimum absolute atomic E-state index is 0.0152. The molecule has 2 aromatic heterocycles. The van der Waals surface area contributed by atoms with Crippen molar-refractivity contribution in [3.8, 4) is 11.3 Å². The maximum absolute atomic E-state index is 13.8. The molecule has 0 saturated heterocycles. The summed E-state index contributed by atoms with van der Waals surface area (Å²) in [4.78, 5) is 22.6. The van der Waals surface area contributed by atoms with Gasteiger partial charge in [-0.15, -0.1) is 0 Å². The third-order valence-corrected chi connectivity index (χ3v) is 5.87. The van der Waals surface area contributed by atoms with Crippen LogP contribution in [0.15, 0.2) is 48.7 Å². The van der Waals surface area contributed by atoms with Gasteiger partial charge in [-0.25, -0.2) is 14.8 Å². The number of nitrogens with two attached hydrogens (primary N) is 1. The van der Waals surface area contributed by atoms with Gasteiger partial charge in [0.2, 0.25) is 5.95 Å². The van der Waals surface area contributed by atoms with E-state index in [0.29, 0.717) is 24.3 Å². The van der Waals surface area contributed by atoms with Crippen LogP contribution in [0.25, 0.3) is 22.2 Å². The van der Waals surface area contributed by atoms with Crippen molar-refractivity contribution in [2.75, 3.05) is 43.6 Å². The number of carbonyl (C=O) groups is 1. The number of hydrogen-bond acceptors (Lipinski definition) is 7. The summed E-state index contributed by atoms with van der Waals surface area (Å²) in [5, 5.41) is 13.1. The van der Waals surface area contributed by atoms with E-state index in [-0.39, 0.29) is 29.6 Å². The summed E-state index contributed by atoms with van der Waals surface area (Å²) in [6.07, 6.45) is -2.95. The summed E-state index contributed by atoms with van der Waals surface area (Å²) >= 11 is 0. The molecule has 0 aliphatic carbocycles. The fourth-order valence-electron chi connectivity index (χ4n) is 4.01. The van der Waals surface area contributed by atoms with Crippen LogP contribution in [0.2, 0.25) is 0 Å². The molecule has 0 aliphatic rings. The fraction of sp³-hybridized carbons (Fsp3) is 0.280. The molecular weight excluding hydrogens is 499 g/mol. The molecule has 0 bridgehead atoms. The van der Waals surface area contributed by atoms with Gasteiger partial charge in [0.1, 0.15) is 0 Å². The number of anilines is 3. The van der Waals surface area contributed by atoms with E-state index in [2.05, 4.69) is 31.0 Å². The molecule has 2 aromatic carbocycles. The molecule has 0 aliphatic heterocycles. The number of nitrogens with one attached hydrogen (secondary N) is 3. The van der Waals surface area contributed by atoms with Crippen molar-refractivity contribution in [2.45, 2.75) is 12.7 Å². The minimum atomic E-state index is -4.57. The maximum Gasteiger partial charge on any atom is 0.416 e. The number of likely N-dealkylation sites (N-methyl/N-ethyl adjacent to an activating group) is 2. The molecule has 13 heteroatoms. The molecule has 0 radical (unpaired) electrons. The Labute approximate surface area is 217 Å². The van der Waals surface area contributed by atoms with Crippen LogP contribution < -0.4 is 21.7 Å². The first-order chi connectivity index (χ1) is 18.0. The third kappa shape index (κ3) is 6.36. The second kappa shape index (κ2) is 11.0. The van der Waals surface area contributed by atoms with Gasteiger partial charge in [-0.2, -0.15) is 18.3 Å². The first-order valence-corrected chi connectivity index (χ1v) is 11.7. The molecular formula is C25H28F3N9O. The molecule has 0 saturated carbocycles. The van der Waals surface area contributed by atoms with Crippen molar-refractivity contribution >= 4 is 34.4 Å². The zero-order valence-corrected chi connectivity index (χ0v) is 21.1. The van der Waals surface area contributed by atoms with E-state index in [1.165, 1.54) is 12.1 Å². The number of fused-ring (bicyclic) bond motifs is 1. The Morgan fingerprint density at radius 3 is 2.66 bits per heavy atom.